The van der Waals surface area contributed by atoms with Crippen LogP contribution in [0.5, 0.6) is 0 Å². The Morgan fingerprint density at radius 2 is 2.20 bits per heavy atom. The van der Waals surface area contributed by atoms with E-state index in [0.29, 0.717) is 28.7 Å². The summed E-state index contributed by atoms with van der Waals surface area (Å²) in [4.78, 5) is 3.94. The number of nitrogen functional groups attached to an aromatic ring is 1. The van der Waals surface area contributed by atoms with E-state index in [1.54, 1.807) is 13.0 Å². The van der Waals surface area contributed by atoms with Crippen LogP contribution in [0.4, 0.5) is 5.82 Å². The highest BCUT2D eigenvalue weighted by atomic mass is 35.5. The molecule has 3 N–H and O–H groups in total. The zero-order valence-corrected chi connectivity index (χ0v) is 10.0. The average Bonchev–Trinajstić information content (AvgIpc) is 2.06. The van der Waals surface area contributed by atoms with Crippen molar-refractivity contribution >= 4 is 17.4 Å². The Labute approximate surface area is 95.3 Å². The van der Waals surface area contributed by atoms with Gasteiger partial charge >= 0.3 is 0 Å². The van der Waals surface area contributed by atoms with Crippen molar-refractivity contribution in [3.05, 3.63) is 22.8 Å². The summed E-state index contributed by atoms with van der Waals surface area (Å²) in [6.07, 6.45) is 2.10. The molecule has 0 fully saturated rings. The highest BCUT2D eigenvalue weighted by molar-refractivity contribution is 6.30. The number of nitrogens with two attached hydrogens (primary N) is 1. The molecule has 1 rings (SSSR count). The van der Waals surface area contributed by atoms with Crippen molar-refractivity contribution in [2.45, 2.75) is 32.8 Å². The first kappa shape index (κ1) is 12.3. The maximum absolute atomic E-state index is 10.3. The minimum absolute atomic E-state index is 0.338. The predicted octanol–water partition coefficient (Wildman–Crippen LogP) is 2.57. The highest BCUT2D eigenvalue weighted by Crippen LogP contribution is 2.32. The summed E-state index contributed by atoms with van der Waals surface area (Å²) in [5, 5.41) is 10.8. The molecule has 0 radical (unpaired) electrons. The van der Waals surface area contributed by atoms with Crippen LogP contribution in [-0.2, 0) is 5.60 Å². The second-order valence-electron chi connectivity index (χ2n) is 4.46. The molecular formula is C11H17ClN2O. The SMILES string of the molecule is CC(C)CC(C)(O)c1cc(Cl)cnc1N. The topological polar surface area (TPSA) is 59.1 Å². The Balaban J connectivity index is 3.08. The van der Waals surface area contributed by atoms with Gasteiger partial charge in [0.25, 0.3) is 0 Å². The summed E-state index contributed by atoms with van der Waals surface area (Å²) in [6, 6.07) is 1.67. The number of anilines is 1. The number of nitrogens with zero attached hydrogens (tertiary/aromatic N) is 1. The molecule has 0 aliphatic rings. The molecule has 0 bridgehead atoms. The second kappa shape index (κ2) is 4.37. The molecule has 0 aromatic carbocycles. The molecule has 0 aliphatic carbocycles. The van der Waals surface area contributed by atoms with Crippen LogP contribution in [0.25, 0.3) is 0 Å². The third-order valence-electron chi connectivity index (χ3n) is 2.27. The van der Waals surface area contributed by atoms with E-state index in [9.17, 15) is 5.11 Å². The smallest absolute Gasteiger partial charge is 0.129 e. The first-order chi connectivity index (χ1) is 6.83. The largest absolute Gasteiger partial charge is 0.385 e. The molecule has 1 aromatic rings. The molecule has 15 heavy (non-hydrogen) atoms. The molecule has 1 aromatic heterocycles. The summed E-state index contributed by atoms with van der Waals surface area (Å²) >= 11 is 5.83. The fourth-order valence-corrected chi connectivity index (χ4v) is 1.94. The zero-order valence-electron chi connectivity index (χ0n) is 9.29. The third-order valence-corrected chi connectivity index (χ3v) is 2.48. The molecule has 0 amide bonds. The summed E-state index contributed by atoms with van der Waals surface area (Å²) in [5.74, 6) is 0.712. The van der Waals surface area contributed by atoms with Crippen LogP contribution in [0.2, 0.25) is 5.02 Å². The van der Waals surface area contributed by atoms with Gasteiger partial charge in [-0.3, -0.25) is 0 Å². The Kier molecular flexibility index (Phi) is 3.58. The number of rotatable bonds is 3. The summed E-state index contributed by atoms with van der Waals surface area (Å²) in [7, 11) is 0. The van der Waals surface area contributed by atoms with Gasteiger partial charge in [-0.15, -0.1) is 0 Å². The van der Waals surface area contributed by atoms with Gasteiger partial charge in [-0.05, 0) is 25.3 Å². The first-order valence-corrected chi connectivity index (χ1v) is 5.34. The van der Waals surface area contributed by atoms with Gasteiger partial charge in [-0.1, -0.05) is 25.4 Å². The van der Waals surface area contributed by atoms with Crippen molar-refractivity contribution in [2.24, 2.45) is 5.92 Å². The molecule has 0 spiro atoms. The lowest BCUT2D eigenvalue weighted by Crippen LogP contribution is -2.25. The first-order valence-electron chi connectivity index (χ1n) is 4.97. The lowest BCUT2D eigenvalue weighted by Gasteiger charge is -2.26. The Bertz CT molecular complexity index is 350. The van der Waals surface area contributed by atoms with Crippen molar-refractivity contribution in [2.75, 3.05) is 5.73 Å². The van der Waals surface area contributed by atoms with Crippen LogP contribution < -0.4 is 5.73 Å². The van der Waals surface area contributed by atoms with E-state index in [1.165, 1.54) is 6.20 Å². The minimum atomic E-state index is -0.976. The zero-order chi connectivity index (χ0) is 11.6. The summed E-state index contributed by atoms with van der Waals surface area (Å²) in [5.41, 5.74) is 5.35. The molecule has 3 nitrogen and oxygen atoms in total. The number of hydrogen-bond acceptors (Lipinski definition) is 3. The van der Waals surface area contributed by atoms with E-state index in [-0.39, 0.29) is 0 Å². The predicted molar refractivity (Wildman–Crippen MR) is 62.7 cm³/mol. The van der Waals surface area contributed by atoms with E-state index < -0.39 is 5.60 Å². The van der Waals surface area contributed by atoms with Gasteiger partial charge in [0.2, 0.25) is 0 Å². The second-order valence-corrected chi connectivity index (χ2v) is 4.89. The Hall–Kier alpha value is -0.800. The molecule has 0 aliphatic heterocycles. The molecule has 0 saturated carbocycles. The quantitative estimate of drug-likeness (QED) is 0.836. The third kappa shape index (κ3) is 3.08. The number of halogens is 1. The Morgan fingerprint density at radius 1 is 1.60 bits per heavy atom. The number of aliphatic hydroxyl groups is 1. The maximum atomic E-state index is 10.3. The van der Waals surface area contributed by atoms with Crippen LogP contribution in [0.15, 0.2) is 12.3 Å². The molecule has 1 atom stereocenters. The Morgan fingerprint density at radius 3 is 2.73 bits per heavy atom. The van der Waals surface area contributed by atoms with Crippen molar-refractivity contribution in [1.29, 1.82) is 0 Å². The van der Waals surface area contributed by atoms with Gasteiger partial charge in [0.1, 0.15) is 5.82 Å². The molecule has 1 unspecified atom stereocenters. The standard InChI is InChI=1S/C11H17ClN2O/c1-7(2)5-11(3,15)9-4-8(12)6-14-10(9)13/h4,6-7,15H,5H2,1-3H3,(H2,13,14). The van der Waals surface area contributed by atoms with Gasteiger partial charge in [0.15, 0.2) is 0 Å². The van der Waals surface area contributed by atoms with Gasteiger partial charge < -0.3 is 10.8 Å². The van der Waals surface area contributed by atoms with E-state index in [0.717, 1.165) is 0 Å². The lowest BCUT2D eigenvalue weighted by atomic mass is 9.88. The van der Waals surface area contributed by atoms with Crippen LogP contribution >= 0.6 is 11.6 Å². The molecule has 84 valence electrons. The van der Waals surface area contributed by atoms with Crippen LogP contribution in [0, 0.1) is 5.92 Å². The lowest BCUT2D eigenvalue weighted by molar-refractivity contribution is 0.0353. The summed E-state index contributed by atoms with van der Waals surface area (Å²) < 4.78 is 0. The van der Waals surface area contributed by atoms with E-state index in [4.69, 9.17) is 17.3 Å². The van der Waals surface area contributed by atoms with Crippen LogP contribution in [0.1, 0.15) is 32.8 Å². The molecule has 1 heterocycles. The van der Waals surface area contributed by atoms with Crippen LogP contribution in [-0.4, -0.2) is 10.1 Å². The monoisotopic (exact) mass is 228 g/mol. The molecule has 0 saturated heterocycles. The number of hydrogen-bond donors (Lipinski definition) is 2. The summed E-state index contributed by atoms with van der Waals surface area (Å²) in [6.45, 7) is 5.82. The van der Waals surface area contributed by atoms with Crippen LogP contribution in [0.3, 0.4) is 0 Å². The van der Waals surface area contributed by atoms with Crippen molar-refractivity contribution in [3.63, 3.8) is 0 Å². The van der Waals surface area contributed by atoms with Gasteiger partial charge in [0, 0.05) is 11.8 Å². The average molecular weight is 229 g/mol. The van der Waals surface area contributed by atoms with Gasteiger partial charge in [-0.25, -0.2) is 4.98 Å². The van der Waals surface area contributed by atoms with Gasteiger partial charge in [-0.2, -0.15) is 0 Å². The van der Waals surface area contributed by atoms with Crippen molar-refractivity contribution in [3.8, 4) is 0 Å². The number of pyridine rings is 1. The minimum Gasteiger partial charge on any atom is -0.385 e. The van der Waals surface area contributed by atoms with E-state index in [1.807, 2.05) is 13.8 Å². The maximum Gasteiger partial charge on any atom is 0.129 e. The van der Waals surface area contributed by atoms with Crippen molar-refractivity contribution in [1.82, 2.24) is 4.98 Å². The fourth-order valence-electron chi connectivity index (χ4n) is 1.79. The fraction of sp³-hybridized carbons (Fsp3) is 0.545. The number of aromatic nitrogens is 1. The van der Waals surface area contributed by atoms with E-state index >= 15 is 0 Å². The van der Waals surface area contributed by atoms with Crippen molar-refractivity contribution < 1.29 is 5.11 Å². The normalized spacial score (nSPS) is 15.3. The van der Waals surface area contributed by atoms with E-state index in [2.05, 4.69) is 4.98 Å². The molecular weight excluding hydrogens is 212 g/mol. The molecule has 4 heteroatoms. The van der Waals surface area contributed by atoms with Gasteiger partial charge in [0.05, 0.1) is 10.6 Å². The highest BCUT2D eigenvalue weighted by Gasteiger charge is 2.27.